The third-order valence-corrected chi connectivity index (χ3v) is 3.82. The summed E-state index contributed by atoms with van der Waals surface area (Å²) in [4.78, 5) is 3.89. The van der Waals surface area contributed by atoms with Crippen LogP contribution in [0.2, 0.25) is 0 Å². The topological polar surface area (TPSA) is 85.1 Å². The molecular weight excluding hydrogens is 269 g/mol. The Labute approximate surface area is 110 Å². The van der Waals surface area contributed by atoms with E-state index < -0.39 is 15.8 Å². The first kappa shape index (κ1) is 13.4. The van der Waals surface area contributed by atoms with Gasteiger partial charge in [0, 0.05) is 18.3 Å². The number of hydrogen-bond acceptors (Lipinski definition) is 4. The van der Waals surface area contributed by atoms with E-state index in [0.717, 1.165) is 12.1 Å². The Balaban J connectivity index is 2.34. The summed E-state index contributed by atoms with van der Waals surface area (Å²) in [6.45, 7) is 0.162. The molecule has 0 unspecified atom stereocenters. The SMILES string of the molecule is NCc1cccnc1NS(=O)(=O)c1ccc(F)cc1. The molecule has 0 saturated carbocycles. The van der Waals surface area contributed by atoms with E-state index in [1.165, 1.54) is 18.3 Å². The van der Waals surface area contributed by atoms with Crippen LogP contribution in [-0.2, 0) is 16.6 Å². The van der Waals surface area contributed by atoms with Crippen molar-refractivity contribution in [1.29, 1.82) is 0 Å². The van der Waals surface area contributed by atoms with Crippen LogP contribution < -0.4 is 10.5 Å². The Morgan fingerprint density at radius 1 is 1.21 bits per heavy atom. The summed E-state index contributed by atoms with van der Waals surface area (Å²) in [5, 5.41) is 0. The molecule has 7 heteroatoms. The molecule has 0 aliphatic carbocycles. The Kier molecular flexibility index (Phi) is 3.77. The number of anilines is 1. The lowest BCUT2D eigenvalue weighted by atomic mass is 10.3. The van der Waals surface area contributed by atoms with Crippen LogP contribution in [0.4, 0.5) is 10.2 Å². The van der Waals surface area contributed by atoms with Crippen molar-refractivity contribution in [1.82, 2.24) is 4.98 Å². The quantitative estimate of drug-likeness (QED) is 0.889. The lowest BCUT2D eigenvalue weighted by molar-refractivity contribution is 0.599. The second kappa shape index (κ2) is 5.33. The van der Waals surface area contributed by atoms with Gasteiger partial charge in [0.15, 0.2) is 0 Å². The largest absolute Gasteiger partial charge is 0.326 e. The van der Waals surface area contributed by atoms with Crippen molar-refractivity contribution in [3.63, 3.8) is 0 Å². The Morgan fingerprint density at radius 2 is 1.89 bits per heavy atom. The van der Waals surface area contributed by atoms with Gasteiger partial charge in [-0.15, -0.1) is 0 Å². The van der Waals surface area contributed by atoms with Gasteiger partial charge in [-0.2, -0.15) is 0 Å². The molecule has 2 aromatic rings. The monoisotopic (exact) mass is 281 g/mol. The number of pyridine rings is 1. The number of benzene rings is 1. The molecule has 5 nitrogen and oxygen atoms in total. The van der Waals surface area contributed by atoms with Crippen molar-refractivity contribution in [2.75, 3.05) is 4.72 Å². The highest BCUT2D eigenvalue weighted by atomic mass is 32.2. The molecule has 1 aromatic heterocycles. The number of nitrogens with two attached hydrogens (primary N) is 1. The van der Waals surface area contributed by atoms with E-state index in [1.54, 1.807) is 12.1 Å². The number of aromatic nitrogens is 1. The minimum absolute atomic E-state index is 0.0393. The van der Waals surface area contributed by atoms with E-state index in [1.807, 2.05) is 0 Å². The van der Waals surface area contributed by atoms with Crippen LogP contribution in [0.15, 0.2) is 47.5 Å². The van der Waals surface area contributed by atoms with Crippen LogP contribution in [0.25, 0.3) is 0 Å². The molecule has 0 aliphatic rings. The summed E-state index contributed by atoms with van der Waals surface area (Å²) >= 11 is 0. The van der Waals surface area contributed by atoms with Crippen molar-refractivity contribution in [2.24, 2.45) is 5.73 Å². The zero-order valence-corrected chi connectivity index (χ0v) is 10.7. The summed E-state index contributed by atoms with van der Waals surface area (Å²) < 4.78 is 39.2. The molecule has 0 radical (unpaired) electrons. The standard InChI is InChI=1S/C12H12FN3O2S/c13-10-3-5-11(6-4-10)19(17,18)16-12-9(8-14)2-1-7-15-12/h1-7H,8,14H2,(H,15,16). The third kappa shape index (κ3) is 3.07. The van der Waals surface area contributed by atoms with Crippen molar-refractivity contribution < 1.29 is 12.8 Å². The minimum atomic E-state index is -3.80. The lowest BCUT2D eigenvalue weighted by Gasteiger charge is -2.10. The molecule has 1 aromatic carbocycles. The number of sulfonamides is 1. The van der Waals surface area contributed by atoms with Crippen LogP contribution in [0.1, 0.15) is 5.56 Å². The highest BCUT2D eigenvalue weighted by Crippen LogP contribution is 2.17. The molecule has 100 valence electrons. The van der Waals surface area contributed by atoms with Gasteiger partial charge in [-0.3, -0.25) is 4.72 Å². The molecule has 0 spiro atoms. The molecule has 3 N–H and O–H groups in total. The normalized spacial score (nSPS) is 11.3. The van der Waals surface area contributed by atoms with Gasteiger partial charge in [0.1, 0.15) is 11.6 Å². The first-order valence-corrected chi connectivity index (χ1v) is 6.93. The van der Waals surface area contributed by atoms with Crippen molar-refractivity contribution >= 4 is 15.8 Å². The Hall–Kier alpha value is -1.99. The first-order chi connectivity index (χ1) is 9.03. The maximum Gasteiger partial charge on any atom is 0.263 e. The average molecular weight is 281 g/mol. The maximum absolute atomic E-state index is 12.8. The fourth-order valence-electron chi connectivity index (χ4n) is 1.50. The fourth-order valence-corrected chi connectivity index (χ4v) is 2.55. The number of nitrogens with zero attached hydrogens (tertiary/aromatic N) is 1. The molecule has 0 amide bonds. The summed E-state index contributed by atoms with van der Waals surface area (Å²) in [5.74, 6) is -0.325. The van der Waals surface area contributed by atoms with Gasteiger partial charge in [0.05, 0.1) is 4.90 Å². The molecule has 0 saturated heterocycles. The first-order valence-electron chi connectivity index (χ1n) is 5.45. The second-order valence-electron chi connectivity index (χ2n) is 3.77. The molecular formula is C12H12FN3O2S. The summed E-state index contributed by atoms with van der Waals surface area (Å²) in [6.07, 6.45) is 1.46. The number of halogens is 1. The van der Waals surface area contributed by atoms with Gasteiger partial charge in [0.2, 0.25) is 0 Å². The van der Waals surface area contributed by atoms with Gasteiger partial charge in [-0.25, -0.2) is 17.8 Å². The van der Waals surface area contributed by atoms with Crippen LogP contribution in [0.5, 0.6) is 0 Å². The third-order valence-electron chi connectivity index (χ3n) is 2.47. The van der Waals surface area contributed by atoms with Crippen LogP contribution in [-0.4, -0.2) is 13.4 Å². The van der Waals surface area contributed by atoms with Gasteiger partial charge in [-0.1, -0.05) is 6.07 Å². The van der Waals surface area contributed by atoms with Crippen molar-refractivity contribution in [2.45, 2.75) is 11.4 Å². The Bertz CT molecular complexity index is 672. The van der Waals surface area contributed by atoms with Crippen molar-refractivity contribution in [3.05, 3.63) is 54.0 Å². The summed E-state index contributed by atoms with van der Waals surface area (Å²) in [5.41, 5.74) is 6.08. The van der Waals surface area contributed by atoms with E-state index in [2.05, 4.69) is 9.71 Å². The summed E-state index contributed by atoms with van der Waals surface area (Å²) in [6, 6.07) is 7.87. The molecule has 1 heterocycles. The summed E-state index contributed by atoms with van der Waals surface area (Å²) in [7, 11) is -3.80. The van der Waals surface area contributed by atoms with Crippen LogP contribution in [0, 0.1) is 5.82 Å². The number of rotatable bonds is 4. The van der Waals surface area contributed by atoms with Crippen LogP contribution >= 0.6 is 0 Å². The van der Waals surface area contributed by atoms with E-state index in [9.17, 15) is 12.8 Å². The number of nitrogens with one attached hydrogen (secondary N) is 1. The minimum Gasteiger partial charge on any atom is -0.326 e. The smallest absolute Gasteiger partial charge is 0.263 e. The highest BCUT2D eigenvalue weighted by molar-refractivity contribution is 7.92. The van der Waals surface area contributed by atoms with Gasteiger partial charge in [-0.05, 0) is 30.3 Å². The zero-order valence-electron chi connectivity index (χ0n) is 9.88. The zero-order chi connectivity index (χ0) is 13.9. The second-order valence-corrected chi connectivity index (χ2v) is 5.46. The lowest BCUT2D eigenvalue weighted by Crippen LogP contribution is -2.16. The van der Waals surface area contributed by atoms with Gasteiger partial charge in [0.25, 0.3) is 10.0 Å². The molecule has 0 fully saturated rings. The average Bonchev–Trinajstić information content (AvgIpc) is 2.39. The van der Waals surface area contributed by atoms with E-state index in [0.29, 0.717) is 5.56 Å². The predicted octanol–water partition coefficient (Wildman–Crippen LogP) is 1.48. The molecule has 0 aliphatic heterocycles. The Morgan fingerprint density at radius 3 is 2.53 bits per heavy atom. The predicted molar refractivity (Wildman–Crippen MR) is 69.3 cm³/mol. The van der Waals surface area contributed by atoms with E-state index in [4.69, 9.17) is 5.73 Å². The van der Waals surface area contributed by atoms with Crippen LogP contribution in [0.3, 0.4) is 0 Å². The highest BCUT2D eigenvalue weighted by Gasteiger charge is 2.16. The van der Waals surface area contributed by atoms with E-state index >= 15 is 0 Å². The maximum atomic E-state index is 12.8. The molecule has 0 bridgehead atoms. The van der Waals surface area contributed by atoms with Gasteiger partial charge < -0.3 is 5.73 Å². The fraction of sp³-hybridized carbons (Fsp3) is 0.0833. The molecule has 19 heavy (non-hydrogen) atoms. The van der Waals surface area contributed by atoms with Gasteiger partial charge >= 0.3 is 0 Å². The number of hydrogen-bond donors (Lipinski definition) is 2. The molecule has 0 atom stereocenters. The van der Waals surface area contributed by atoms with E-state index in [-0.39, 0.29) is 17.3 Å². The van der Waals surface area contributed by atoms with Crippen molar-refractivity contribution in [3.8, 4) is 0 Å². The molecule has 2 rings (SSSR count).